The molecule has 2 aliphatic rings. The van der Waals surface area contributed by atoms with Gasteiger partial charge in [0, 0.05) is 72.6 Å². The summed E-state index contributed by atoms with van der Waals surface area (Å²) in [6.45, 7) is 8.63. The predicted octanol–water partition coefficient (Wildman–Crippen LogP) is 4.58. The molecular weight excluding hydrogens is 563 g/mol. The summed E-state index contributed by atoms with van der Waals surface area (Å²) in [5.41, 5.74) is -0.544. The summed E-state index contributed by atoms with van der Waals surface area (Å²) in [4.78, 5) is 33.4. The van der Waals surface area contributed by atoms with Crippen LogP contribution in [0.5, 0.6) is 0 Å². The molecular formula is C31H34F3N5O4. The molecule has 0 saturated carbocycles. The van der Waals surface area contributed by atoms with Crippen molar-refractivity contribution in [2.24, 2.45) is 0 Å². The SMILES string of the molecule is CC1(C)COCCN1CC#CCN1CCN(C(=O)c2cc([N+](=O)[O-])cc(C(F)(F)F)c2)[C@H](Cc2c[nH]c3ccccc23)C1. The summed E-state index contributed by atoms with van der Waals surface area (Å²) >= 11 is 0. The first-order chi connectivity index (χ1) is 20.4. The van der Waals surface area contributed by atoms with Crippen molar-refractivity contribution < 1.29 is 27.6 Å². The van der Waals surface area contributed by atoms with E-state index in [2.05, 4.69) is 40.5 Å². The van der Waals surface area contributed by atoms with Gasteiger partial charge in [-0.05, 0) is 38.0 Å². The standard InChI is InChI=1S/C31H34F3N5O4/c1-30(2)21-43-14-13-37(30)10-6-5-9-36-11-12-38(26(20-36)17-23-19-35-28-8-4-3-7-27(23)28)29(40)22-15-24(31(32,33)34)18-25(16-22)39(41)42/h3-4,7-8,15-16,18-19,26,35H,9-14,17,20-21H2,1-2H3/t26-/m1/s1. The molecule has 5 rings (SSSR count). The Balaban J connectivity index is 1.38. The van der Waals surface area contributed by atoms with Gasteiger partial charge in [0.25, 0.3) is 11.6 Å². The highest BCUT2D eigenvalue weighted by Crippen LogP contribution is 2.33. The average Bonchev–Trinajstić information content (AvgIpc) is 3.37. The van der Waals surface area contributed by atoms with Crippen molar-refractivity contribution in [3.8, 4) is 11.8 Å². The van der Waals surface area contributed by atoms with E-state index in [4.69, 9.17) is 4.74 Å². The van der Waals surface area contributed by atoms with Gasteiger partial charge in [-0.25, -0.2) is 0 Å². The number of H-pyrrole nitrogens is 1. The minimum absolute atomic E-state index is 0.0954. The van der Waals surface area contributed by atoms with Crippen LogP contribution in [0.2, 0.25) is 0 Å². The number of rotatable bonds is 6. The Kier molecular flexibility index (Phi) is 8.78. The fraction of sp³-hybridized carbons (Fsp3) is 0.452. The number of piperazine rings is 1. The Morgan fingerprint density at radius 1 is 1.14 bits per heavy atom. The number of nitrogens with one attached hydrogen (secondary N) is 1. The van der Waals surface area contributed by atoms with E-state index in [1.807, 2.05) is 30.5 Å². The lowest BCUT2D eigenvalue weighted by molar-refractivity contribution is -0.385. The van der Waals surface area contributed by atoms with Crippen LogP contribution in [0.1, 0.15) is 35.3 Å². The van der Waals surface area contributed by atoms with Crippen LogP contribution in [0.4, 0.5) is 18.9 Å². The van der Waals surface area contributed by atoms with Crippen LogP contribution in [-0.4, -0.2) is 94.6 Å². The minimum Gasteiger partial charge on any atom is -0.378 e. The predicted molar refractivity (Wildman–Crippen MR) is 156 cm³/mol. The number of nitro benzene ring substituents is 1. The number of aromatic amines is 1. The largest absolute Gasteiger partial charge is 0.416 e. The van der Waals surface area contributed by atoms with Gasteiger partial charge >= 0.3 is 6.18 Å². The monoisotopic (exact) mass is 597 g/mol. The molecule has 9 nitrogen and oxygen atoms in total. The third-order valence-corrected chi connectivity index (χ3v) is 8.18. The molecule has 0 spiro atoms. The van der Waals surface area contributed by atoms with E-state index in [1.54, 1.807) is 4.90 Å². The minimum atomic E-state index is -4.84. The van der Waals surface area contributed by atoms with E-state index in [-0.39, 0.29) is 17.6 Å². The number of amides is 1. The van der Waals surface area contributed by atoms with Crippen LogP contribution >= 0.6 is 0 Å². The van der Waals surface area contributed by atoms with Crippen LogP contribution < -0.4 is 0 Å². The van der Waals surface area contributed by atoms with E-state index < -0.39 is 34.3 Å². The van der Waals surface area contributed by atoms with Crippen molar-refractivity contribution >= 4 is 22.5 Å². The third-order valence-electron chi connectivity index (χ3n) is 8.18. The van der Waals surface area contributed by atoms with Crippen LogP contribution in [0.25, 0.3) is 10.9 Å². The number of carbonyl (C=O) groups is 1. The second kappa shape index (κ2) is 12.4. The number of hydrogen-bond donors (Lipinski definition) is 1. The average molecular weight is 598 g/mol. The van der Waals surface area contributed by atoms with Gasteiger partial charge in [-0.1, -0.05) is 30.0 Å². The molecule has 2 aromatic carbocycles. The summed E-state index contributed by atoms with van der Waals surface area (Å²) in [6, 6.07) is 9.43. The van der Waals surface area contributed by atoms with Crippen LogP contribution in [0.3, 0.4) is 0 Å². The normalized spacial score (nSPS) is 19.7. The molecule has 0 aliphatic carbocycles. The molecule has 3 heterocycles. The Hall–Kier alpha value is -3.92. The van der Waals surface area contributed by atoms with Gasteiger partial charge in [0.1, 0.15) is 0 Å². The molecule has 228 valence electrons. The number of ether oxygens (including phenoxy) is 1. The number of nitrogens with zero attached hydrogens (tertiary/aromatic N) is 4. The first-order valence-corrected chi connectivity index (χ1v) is 14.2. The highest BCUT2D eigenvalue weighted by molar-refractivity contribution is 5.95. The van der Waals surface area contributed by atoms with Gasteiger partial charge in [0.15, 0.2) is 0 Å². The highest BCUT2D eigenvalue weighted by Gasteiger charge is 2.36. The zero-order chi connectivity index (χ0) is 30.8. The number of fused-ring (bicyclic) bond motifs is 1. The Labute approximate surface area is 247 Å². The molecule has 0 unspecified atom stereocenters. The van der Waals surface area contributed by atoms with E-state index in [0.29, 0.717) is 57.9 Å². The summed E-state index contributed by atoms with van der Waals surface area (Å²) < 4.78 is 46.3. The third kappa shape index (κ3) is 7.01. The molecule has 0 bridgehead atoms. The van der Waals surface area contributed by atoms with Crippen molar-refractivity contribution in [2.45, 2.75) is 38.0 Å². The molecule has 2 fully saturated rings. The molecule has 1 N–H and O–H groups in total. The van der Waals surface area contributed by atoms with Gasteiger partial charge in [-0.2, -0.15) is 13.2 Å². The van der Waals surface area contributed by atoms with Crippen molar-refractivity contribution in [1.29, 1.82) is 0 Å². The molecule has 12 heteroatoms. The highest BCUT2D eigenvalue weighted by atomic mass is 19.4. The molecule has 1 aromatic heterocycles. The van der Waals surface area contributed by atoms with Crippen molar-refractivity contribution in [3.05, 3.63) is 75.5 Å². The van der Waals surface area contributed by atoms with Crippen molar-refractivity contribution in [3.63, 3.8) is 0 Å². The zero-order valence-electron chi connectivity index (χ0n) is 24.1. The van der Waals surface area contributed by atoms with E-state index in [1.165, 1.54) is 0 Å². The lowest BCUT2D eigenvalue weighted by atomic mass is 9.99. The second-order valence-electron chi connectivity index (χ2n) is 11.6. The van der Waals surface area contributed by atoms with Gasteiger partial charge in [0.05, 0.1) is 36.8 Å². The van der Waals surface area contributed by atoms with E-state index in [9.17, 15) is 28.1 Å². The van der Waals surface area contributed by atoms with Gasteiger partial charge in [-0.3, -0.25) is 24.7 Å². The van der Waals surface area contributed by atoms with Gasteiger partial charge in [-0.15, -0.1) is 0 Å². The number of non-ortho nitro benzene ring substituents is 1. The molecule has 1 amide bonds. The van der Waals surface area contributed by atoms with Crippen molar-refractivity contribution in [2.75, 3.05) is 52.5 Å². The second-order valence-corrected chi connectivity index (χ2v) is 11.6. The number of para-hydroxylation sites is 1. The van der Waals surface area contributed by atoms with Crippen molar-refractivity contribution in [1.82, 2.24) is 19.7 Å². The fourth-order valence-corrected chi connectivity index (χ4v) is 5.73. The first-order valence-electron chi connectivity index (χ1n) is 14.2. The van der Waals surface area contributed by atoms with Crippen LogP contribution in [-0.2, 0) is 17.3 Å². The van der Waals surface area contributed by atoms with Gasteiger partial charge < -0.3 is 14.6 Å². The lowest BCUT2D eigenvalue weighted by Gasteiger charge is -2.41. The Morgan fingerprint density at radius 3 is 2.65 bits per heavy atom. The van der Waals surface area contributed by atoms with Crippen LogP contribution in [0.15, 0.2) is 48.7 Å². The number of halogens is 3. The molecule has 43 heavy (non-hydrogen) atoms. The first kappa shape index (κ1) is 30.5. The zero-order valence-corrected chi connectivity index (χ0v) is 24.1. The summed E-state index contributed by atoms with van der Waals surface area (Å²) in [5.74, 6) is 5.85. The van der Waals surface area contributed by atoms with Gasteiger partial charge in [0.2, 0.25) is 0 Å². The smallest absolute Gasteiger partial charge is 0.378 e. The number of morpholine rings is 1. The number of hydrogen-bond acceptors (Lipinski definition) is 6. The number of alkyl halides is 3. The molecule has 3 aromatic rings. The summed E-state index contributed by atoms with van der Waals surface area (Å²) in [6.07, 6.45) is -2.51. The summed E-state index contributed by atoms with van der Waals surface area (Å²) in [5, 5.41) is 12.4. The lowest BCUT2D eigenvalue weighted by Crippen LogP contribution is -2.56. The maximum atomic E-state index is 13.7. The van der Waals surface area contributed by atoms with Crippen LogP contribution in [0, 0.1) is 22.0 Å². The quantitative estimate of drug-likeness (QED) is 0.254. The maximum absolute atomic E-state index is 13.7. The molecule has 1 atom stereocenters. The topological polar surface area (TPSA) is 94.9 Å². The summed E-state index contributed by atoms with van der Waals surface area (Å²) in [7, 11) is 0. The molecule has 2 aliphatic heterocycles. The number of carbonyl (C=O) groups excluding carboxylic acids is 1. The fourth-order valence-electron chi connectivity index (χ4n) is 5.73. The number of benzene rings is 2. The maximum Gasteiger partial charge on any atom is 0.416 e. The number of aromatic nitrogens is 1. The number of nitro groups is 1. The molecule has 2 saturated heterocycles. The Morgan fingerprint density at radius 2 is 1.91 bits per heavy atom. The molecule has 0 radical (unpaired) electrons. The Bertz CT molecular complexity index is 1560. The van der Waals surface area contributed by atoms with E-state index >= 15 is 0 Å². The van der Waals surface area contributed by atoms with E-state index in [0.717, 1.165) is 29.1 Å².